The van der Waals surface area contributed by atoms with Crippen LogP contribution in [0.15, 0.2) is 22.6 Å². The highest BCUT2D eigenvalue weighted by Gasteiger charge is 2.17. The lowest BCUT2D eigenvalue weighted by molar-refractivity contribution is 0.506. The van der Waals surface area contributed by atoms with E-state index >= 15 is 0 Å². The second-order valence-corrected chi connectivity index (χ2v) is 4.39. The molecule has 2 aromatic rings. The van der Waals surface area contributed by atoms with Gasteiger partial charge >= 0.3 is 0 Å². The smallest absolute Gasteiger partial charge is 0.134 e. The van der Waals surface area contributed by atoms with Crippen molar-refractivity contribution in [1.29, 1.82) is 0 Å². The molecule has 1 aliphatic carbocycles. The predicted molar refractivity (Wildman–Crippen MR) is 62.2 cm³/mol. The molecule has 15 heavy (non-hydrogen) atoms. The zero-order valence-electron chi connectivity index (χ0n) is 9.18. The molecule has 0 saturated heterocycles. The van der Waals surface area contributed by atoms with Gasteiger partial charge in [0, 0.05) is 17.4 Å². The average Bonchev–Trinajstić information content (AvgIpc) is 2.66. The van der Waals surface area contributed by atoms with Crippen LogP contribution in [0.5, 0.6) is 0 Å². The first-order valence-electron chi connectivity index (χ1n) is 5.91. The molecule has 78 valence electrons. The maximum Gasteiger partial charge on any atom is 0.134 e. The number of fused-ring (bicyclic) bond motifs is 3. The molecule has 0 aliphatic heterocycles. The molecule has 1 heterocycles. The van der Waals surface area contributed by atoms with Gasteiger partial charge in [0.25, 0.3) is 0 Å². The monoisotopic (exact) mass is 200 g/mol. The summed E-state index contributed by atoms with van der Waals surface area (Å²) < 4.78 is 5.93. The highest BCUT2D eigenvalue weighted by molar-refractivity contribution is 5.83. The van der Waals surface area contributed by atoms with E-state index in [0.717, 1.165) is 18.4 Å². The molecule has 0 unspecified atom stereocenters. The standard InChI is InChI=1S/C14H16O/c1-2-10-7-8-12-11-5-3-4-6-13(11)15-14(12)9-10/h7-9H,2-6H2,1H3. The van der Waals surface area contributed by atoms with Crippen molar-refractivity contribution in [3.8, 4) is 0 Å². The maximum absolute atomic E-state index is 5.93. The Balaban J connectivity index is 2.22. The van der Waals surface area contributed by atoms with E-state index < -0.39 is 0 Å². The number of hydrogen-bond acceptors (Lipinski definition) is 1. The molecule has 1 aromatic heterocycles. The first-order valence-corrected chi connectivity index (χ1v) is 5.91. The van der Waals surface area contributed by atoms with Crippen molar-refractivity contribution >= 4 is 11.0 Å². The number of hydrogen-bond donors (Lipinski definition) is 0. The number of aryl methyl sites for hydroxylation is 3. The van der Waals surface area contributed by atoms with E-state index in [0.29, 0.717) is 0 Å². The van der Waals surface area contributed by atoms with Gasteiger partial charge in [0.2, 0.25) is 0 Å². The van der Waals surface area contributed by atoms with Crippen LogP contribution in [0.2, 0.25) is 0 Å². The van der Waals surface area contributed by atoms with E-state index in [2.05, 4.69) is 25.1 Å². The van der Waals surface area contributed by atoms with Crippen molar-refractivity contribution in [3.05, 3.63) is 35.1 Å². The topological polar surface area (TPSA) is 13.1 Å². The van der Waals surface area contributed by atoms with Crippen LogP contribution in [0.1, 0.15) is 36.7 Å². The highest BCUT2D eigenvalue weighted by atomic mass is 16.3. The molecule has 1 aromatic carbocycles. The Morgan fingerprint density at radius 2 is 2.07 bits per heavy atom. The fourth-order valence-corrected chi connectivity index (χ4v) is 2.53. The van der Waals surface area contributed by atoms with Crippen LogP contribution < -0.4 is 0 Å². The molecule has 0 atom stereocenters. The Labute approximate surface area is 90.1 Å². The van der Waals surface area contributed by atoms with E-state index in [4.69, 9.17) is 4.42 Å². The summed E-state index contributed by atoms with van der Waals surface area (Å²) in [5.41, 5.74) is 3.94. The summed E-state index contributed by atoms with van der Waals surface area (Å²) in [7, 11) is 0. The van der Waals surface area contributed by atoms with E-state index in [-0.39, 0.29) is 0 Å². The Morgan fingerprint density at radius 1 is 1.20 bits per heavy atom. The van der Waals surface area contributed by atoms with Crippen LogP contribution in [0.4, 0.5) is 0 Å². The van der Waals surface area contributed by atoms with Gasteiger partial charge in [-0.05, 0) is 37.3 Å². The molecule has 0 radical (unpaired) electrons. The third kappa shape index (κ3) is 1.38. The second-order valence-electron chi connectivity index (χ2n) is 4.39. The van der Waals surface area contributed by atoms with Gasteiger partial charge in [-0.1, -0.05) is 19.1 Å². The van der Waals surface area contributed by atoms with Crippen molar-refractivity contribution in [2.24, 2.45) is 0 Å². The summed E-state index contributed by atoms with van der Waals surface area (Å²) >= 11 is 0. The molecule has 0 bridgehead atoms. The Hall–Kier alpha value is -1.24. The molecule has 1 aliphatic rings. The lowest BCUT2D eigenvalue weighted by Crippen LogP contribution is -1.98. The Kier molecular flexibility index (Phi) is 2.05. The molecular formula is C14H16O. The predicted octanol–water partition coefficient (Wildman–Crippen LogP) is 3.87. The number of furan rings is 1. The van der Waals surface area contributed by atoms with Crippen LogP contribution in [0.3, 0.4) is 0 Å². The van der Waals surface area contributed by atoms with Gasteiger partial charge < -0.3 is 4.42 Å². The minimum Gasteiger partial charge on any atom is -0.461 e. The zero-order valence-corrected chi connectivity index (χ0v) is 9.18. The summed E-state index contributed by atoms with van der Waals surface area (Å²) in [6, 6.07) is 6.67. The first kappa shape index (κ1) is 9.02. The molecule has 0 saturated carbocycles. The SMILES string of the molecule is CCc1ccc2c3c(oc2c1)CCCC3. The number of benzene rings is 1. The second kappa shape index (κ2) is 3.41. The van der Waals surface area contributed by atoms with Crippen LogP contribution in [0.25, 0.3) is 11.0 Å². The molecule has 0 spiro atoms. The normalized spacial score (nSPS) is 15.5. The highest BCUT2D eigenvalue weighted by Crippen LogP contribution is 2.32. The molecule has 0 amide bonds. The Bertz CT molecular complexity index is 493. The summed E-state index contributed by atoms with van der Waals surface area (Å²) in [6.45, 7) is 2.18. The molecule has 3 rings (SSSR count). The molecule has 1 heteroatoms. The van der Waals surface area contributed by atoms with Crippen LogP contribution in [-0.4, -0.2) is 0 Å². The molecule has 0 fully saturated rings. The van der Waals surface area contributed by atoms with Crippen LogP contribution >= 0.6 is 0 Å². The largest absolute Gasteiger partial charge is 0.461 e. The van der Waals surface area contributed by atoms with Crippen molar-refractivity contribution in [2.45, 2.75) is 39.0 Å². The van der Waals surface area contributed by atoms with Crippen LogP contribution in [0, 0.1) is 0 Å². The van der Waals surface area contributed by atoms with Gasteiger partial charge in [-0.3, -0.25) is 0 Å². The van der Waals surface area contributed by atoms with Crippen molar-refractivity contribution in [3.63, 3.8) is 0 Å². The third-order valence-electron chi connectivity index (χ3n) is 3.43. The van der Waals surface area contributed by atoms with E-state index in [1.165, 1.54) is 41.5 Å². The van der Waals surface area contributed by atoms with Gasteiger partial charge in [-0.25, -0.2) is 0 Å². The number of rotatable bonds is 1. The van der Waals surface area contributed by atoms with Gasteiger partial charge in [-0.15, -0.1) is 0 Å². The third-order valence-corrected chi connectivity index (χ3v) is 3.43. The summed E-state index contributed by atoms with van der Waals surface area (Å²) in [4.78, 5) is 0. The van der Waals surface area contributed by atoms with Crippen LogP contribution in [-0.2, 0) is 19.3 Å². The lowest BCUT2D eigenvalue weighted by atomic mass is 9.95. The minimum atomic E-state index is 1.08. The van der Waals surface area contributed by atoms with Gasteiger partial charge in [-0.2, -0.15) is 0 Å². The van der Waals surface area contributed by atoms with Crippen molar-refractivity contribution in [2.75, 3.05) is 0 Å². The average molecular weight is 200 g/mol. The minimum absolute atomic E-state index is 1.08. The summed E-state index contributed by atoms with van der Waals surface area (Å²) in [5.74, 6) is 1.24. The lowest BCUT2D eigenvalue weighted by Gasteiger charge is -2.08. The molecule has 1 nitrogen and oxygen atoms in total. The summed E-state index contributed by atoms with van der Waals surface area (Å²) in [6.07, 6.45) is 6.02. The van der Waals surface area contributed by atoms with Gasteiger partial charge in [0.15, 0.2) is 0 Å². The first-order chi connectivity index (χ1) is 7.38. The van der Waals surface area contributed by atoms with Crippen molar-refractivity contribution in [1.82, 2.24) is 0 Å². The fourth-order valence-electron chi connectivity index (χ4n) is 2.53. The van der Waals surface area contributed by atoms with Gasteiger partial charge in [0.05, 0.1) is 0 Å². The zero-order chi connectivity index (χ0) is 10.3. The Morgan fingerprint density at radius 3 is 2.93 bits per heavy atom. The van der Waals surface area contributed by atoms with E-state index in [1.54, 1.807) is 0 Å². The van der Waals surface area contributed by atoms with E-state index in [1.807, 2.05) is 0 Å². The van der Waals surface area contributed by atoms with Crippen molar-refractivity contribution < 1.29 is 4.42 Å². The fraction of sp³-hybridized carbons (Fsp3) is 0.429. The molecular weight excluding hydrogens is 184 g/mol. The van der Waals surface area contributed by atoms with E-state index in [9.17, 15) is 0 Å². The quantitative estimate of drug-likeness (QED) is 0.681. The summed E-state index contributed by atoms with van der Waals surface area (Å²) in [5, 5.41) is 1.35. The van der Waals surface area contributed by atoms with Gasteiger partial charge in [0.1, 0.15) is 11.3 Å². The molecule has 0 N–H and O–H groups in total. The maximum atomic E-state index is 5.93.